The fourth-order valence-electron chi connectivity index (χ4n) is 3.01. The van der Waals surface area contributed by atoms with Gasteiger partial charge in [-0.05, 0) is 25.7 Å². The third kappa shape index (κ3) is 3.07. The number of nitrogens with one attached hydrogen (secondary N) is 1. The van der Waals surface area contributed by atoms with E-state index < -0.39 is 10.5 Å². The van der Waals surface area contributed by atoms with Gasteiger partial charge in [0, 0.05) is 11.8 Å². The minimum absolute atomic E-state index is 0.0146. The molecule has 2 unspecified atom stereocenters. The van der Waals surface area contributed by atoms with Crippen molar-refractivity contribution in [3.05, 3.63) is 27.9 Å². The van der Waals surface area contributed by atoms with Gasteiger partial charge in [0.25, 0.3) is 5.69 Å². The maximum Gasteiger partial charge on any atom is 0.277 e. The van der Waals surface area contributed by atoms with E-state index in [1.807, 2.05) is 0 Å². The molecule has 0 aliphatic heterocycles. The molecule has 0 aromatic carbocycles. The van der Waals surface area contributed by atoms with Crippen molar-refractivity contribution in [3.63, 3.8) is 0 Å². The first-order valence-corrected chi connectivity index (χ1v) is 6.96. The maximum atomic E-state index is 11.0. The summed E-state index contributed by atoms with van der Waals surface area (Å²) in [5, 5.41) is 23.9. The second-order valence-electron chi connectivity index (χ2n) is 5.88. The Kier molecular flexibility index (Phi) is 4.23. The molecule has 2 atom stereocenters. The van der Waals surface area contributed by atoms with Crippen LogP contribution in [0.2, 0.25) is 0 Å². The van der Waals surface area contributed by atoms with Crippen LogP contribution in [-0.4, -0.2) is 27.2 Å². The average molecular weight is 279 g/mol. The molecule has 110 valence electrons. The van der Waals surface area contributed by atoms with E-state index in [0.717, 1.165) is 25.7 Å². The quantitative estimate of drug-likeness (QED) is 0.653. The van der Waals surface area contributed by atoms with Crippen molar-refractivity contribution in [1.82, 2.24) is 4.98 Å². The van der Waals surface area contributed by atoms with Gasteiger partial charge >= 0.3 is 0 Å². The third-order valence-electron chi connectivity index (χ3n) is 4.06. The van der Waals surface area contributed by atoms with Gasteiger partial charge in [0.05, 0.1) is 23.1 Å². The molecule has 0 spiro atoms. The molecular formula is C14H21N3O3. The summed E-state index contributed by atoms with van der Waals surface area (Å²) in [6.45, 7) is 3.84. The van der Waals surface area contributed by atoms with Crippen molar-refractivity contribution >= 4 is 11.5 Å². The smallest absolute Gasteiger partial charge is 0.277 e. The molecule has 0 bridgehead atoms. The molecule has 2 N–H and O–H groups in total. The lowest BCUT2D eigenvalue weighted by Gasteiger charge is -2.39. The van der Waals surface area contributed by atoms with Crippen LogP contribution < -0.4 is 5.32 Å². The fourth-order valence-corrected chi connectivity index (χ4v) is 3.01. The zero-order chi connectivity index (χ0) is 14.8. The number of aliphatic hydroxyl groups excluding tert-OH is 1. The Labute approximate surface area is 118 Å². The molecule has 1 fully saturated rings. The van der Waals surface area contributed by atoms with Gasteiger partial charge in [-0.1, -0.05) is 19.8 Å². The highest BCUT2D eigenvalue weighted by atomic mass is 16.6. The molecule has 0 saturated heterocycles. The van der Waals surface area contributed by atoms with Gasteiger partial charge in [0.2, 0.25) is 0 Å². The largest absolute Gasteiger partial charge is 0.394 e. The van der Waals surface area contributed by atoms with E-state index in [0.29, 0.717) is 17.3 Å². The van der Waals surface area contributed by atoms with Gasteiger partial charge in [0.1, 0.15) is 5.82 Å². The number of nitrogens with zero attached hydrogens (tertiary/aromatic N) is 2. The van der Waals surface area contributed by atoms with E-state index in [1.54, 1.807) is 6.92 Å². The van der Waals surface area contributed by atoms with Crippen LogP contribution in [0.5, 0.6) is 0 Å². The number of anilines is 1. The van der Waals surface area contributed by atoms with Crippen LogP contribution in [0.3, 0.4) is 0 Å². The molecule has 1 aliphatic rings. The highest BCUT2D eigenvalue weighted by Crippen LogP contribution is 2.35. The van der Waals surface area contributed by atoms with Crippen LogP contribution in [0.15, 0.2) is 12.3 Å². The molecule has 1 aromatic heterocycles. The topological polar surface area (TPSA) is 88.3 Å². The lowest BCUT2D eigenvalue weighted by Crippen LogP contribution is -2.46. The summed E-state index contributed by atoms with van der Waals surface area (Å²) in [6.07, 6.45) is 5.41. The number of aliphatic hydroxyl groups is 1. The molecule has 1 saturated carbocycles. The van der Waals surface area contributed by atoms with Gasteiger partial charge in [-0.3, -0.25) is 10.1 Å². The summed E-state index contributed by atoms with van der Waals surface area (Å²) in [6, 6.07) is 1.45. The van der Waals surface area contributed by atoms with E-state index in [2.05, 4.69) is 17.2 Å². The summed E-state index contributed by atoms with van der Waals surface area (Å²) >= 11 is 0. The SMILES string of the molecule is Cc1cnc(NC2(CO)CCCC(C)C2)cc1[N+](=O)[O-]. The normalized spacial score (nSPS) is 26.2. The van der Waals surface area contributed by atoms with E-state index in [9.17, 15) is 15.2 Å². The first-order valence-electron chi connectivity index (χ1n) is 6.96. The maximum absolute atomic E-state index is 11.0. The van der Waals surface area contributed by atoms with E-state index in [1.165, 1.54) is 12.3 Å². The molecule has 6 nitrogen and oxygen atoms in total. The highest BCUT2D eigenvalue weighted by Gasteiger charge is 2.35. The monoisotopic (exact) mass is 279 g/mol. The summed E-state index contributed by atoms with van der Waals surface area (Å²) in [4.78, 5) is 14.8. The number of aryl methyl sites for hydroxylation is 1. The van der Waals surface area contributed by atoms with Gasteiger partial charge in [0.15, 0.2) is 0 Å². The fraction of sp³-hybridized carbons (Fsp3) is 0.643. The first-order chi connectivity index (χ1) is 9.46. The van der Waals surface area contributed by atoms with Crippen molar-refractivity contribution in [1.29, 1.82) is 0 Å². The molecular weight excluding hydrogens is 258 g/mol. The molecule has 0 amide bonds. The van der Waals surface area contributed by atoms with E-state index in [4.69, 9.17) is 0 Å². The lowest BCUT2D eigenvalue weighted by atomic mass is 9.77. The second-order valence-corrected chi connectivity index (χ2v) is 5.88. The third-order valence-corrected chi connectivity index (χ3v) is 4.06. The Morgan fingerprint density at radius 2 is 2.40 bits per heavy atom. The van der Waals surface area contributed by atoms with E-state index in [-0.39, 0.29) is 12.3 Å². The van der Waals surface area contributed by atoms with Crippen LogP contribution in [-0.2, 0) is 0 Å². The molecule has 0 radical (unpaired) electrons. The first kappa shape index (κ1) is 14.7. The Bertz CT molecular complexity index is 506. The summed E-state index contributed by atoms with van der Waals surface area (Å²) in [5.74, 6) is 0.995. The van der Waals surface area contributed by atoms with Crippen molar-refractivity contribution in [2.45, 2.75) is 45.1 Å². The van der Waals surface area contributed by atoms with Gasteiger partial charge < -0.3 is 10.4 Å². The molecule has 20 heavy (non-hydrogen) atoms. The number of hydrogen-bond acceptors (Lipinski definition) is 5. The highest BCUT2D eigenvalue weighted by molar-refractivity contribution is 5.50. The molecule has 1 heterocycles. The molecule has 1 aromatic rings. The average Bonchev–Trinajstić information content (AvgIpc) is 2.41. The van der Waals surface area contributed by atoms with Crippen molar-refractivity contribution in [2.24, 2.45) is 5.92 Å². The zero-order valence-electron chi connectivity index (χ0n) is 11.9. The summed E-state index contributed by atoms with van der Waals surface area (Å²) < 4.78 is 0. The number of nitro groups is 1. The molecule has 1 aliphatic carbocycles. The van der Waals surface area contributed by atoms with Gasteiger partial charge in [-0.15, -0.1) is 0 Å². The Morgan fingerprint density at radius 1 is 1.65 bits per heavy atom. The Balaban J connectivity index is 2.23. The number of pyridine rings is 1. The second kappa shape index (κ2) is 5.75. The number of hydrogen-bond donors (Lipinski definition) is 2. The van der Waals surface area contributed by atoms with Gasteiger partial charge in [-0.25, -0.2) is 4.98 Å². The molecule has 6 heteroatoms. The Morgan fingerprint density at radius 3 is 3.00 bits per heavy atom. The standard InChI is InChI=1S/C14H21N3O3/c1-10-4-3-5-14(7-10,9-18)16-13-6-12(17(19)20)11(2)8-15-13/h6,8,10,18H,3-5,7,9H2,1-2H3,(H,15,16). The van der Waals surface area contributed by atoms with Crippen LogP contribution in [0.4, 0.5) is 11.5 Å². The summed E-state index contributed by atoms with van der Waals surface area (Å²) in [5.41, 5.74) is 0.184. The van der Waals surface area contributed by atoms with Crippen LogP contribution in [0, 0.1) is 23.0 Å². The predicted octanol–water partition coefficient (Wildman–Crippen LogP) is 2.65. The Hall–Kier alpha value is -1.69. The number of aromatic nitrogens is 1. The van der Waals surface area contributed by atoms with Crippen molar-refractivity contribution in [2.75, 3.05) is 11.9 Å². The van der Waals surface area contributed by atoms with Crippen LogP contribution >= 0.6 is 0 Å². The van der Waals surface area contributed by atoms with E-state index >= 15 is 0 Å². The zero-order valence-corrected chi connectivity index (χ0v) is 11.9. The molecule has 2 rings (SSSR count). The van der Waals surface area contributed by atoms with Crippen molar-refractivity contribution in [3.8, 4) is 0 Å². The van der Waals surface area contributed by atoms with Gasteiger partial charge in [-0.2, -0.15) is 0 Å². The van der Waals surface area contributed by atoms with Crippen LogP contribution in [0.25, 0.3) is 0 Å². The predicted molar refractivity (Wildman–Crippen MR) is 76.7 cm³/mol. The lowest BCUT2D eigenvalue weighted by molar-refractivity contribution is -0.385. The minimum atomic E-state index is -0.409. The number of rotatable bonds is 4. The van der Waals surface area contributed by atoms with Crippen molar-refractivity contribution < 1.29 is 10.0 Å². The minimum Gasteiger partial charge on any atom is -0.394 e. The summed E-state index contributed by atoms with van der Waals surface area (Å²) in [7, 11) is 0. The van der Waals surface area contributed by atoms with Crippen LogP contribution in [0.1, 0.15) is 38.2 Å².